The third kappa shape index (κ3) is 4.06. The van der Waals surface area contributed by atoms with Crippen LogP contribution in [0, 0.1) is 17.2 Å². The van der Waals surface area contributed by atoms with E-state index in [9.17, 15) is 18.8 Å². The number of likely N-dealkylation sites (tertiary alicyclic amines) is 1. The van der Waals surface area contributed by atoms with Gasteiger partial charge in [-0.2, -0.15) is 5.26 Å². The summed E-state index contributed by atoms with van der Waals surface area (Å²) in [5.74, 6) is -2.20. The van der Waals surface area contributed by atoms with E-state index in [0.717, 1.165) is 0 Å². The fourth-order valence-electron chi connectivity index (χ4n) is 3.43. The first kappa shape index (κ1) is 18.8. The van der Waals surface area contributed by atoms with Gasteiger partial charge in [0.15, 0.2) is 11.0 Å². The number of nitriles is 1. The summed E-state index contributed by atoms with van der Waals surface area (Å²) in [5.41, 5.74) is 0.422. The van der Waals surface area contributed by atoms with Crippen LogP contribution in [0.4, 0.5) is 14.6 Å². The van der Waals surface area contributed by atoms with Crippen LogP contribution in [0.2, 0.25) is 0 Å². The molecule has 6 nitrogen and oxygen atoms in total. The number of halogens is 2. The van der Waals surface area contributed by atoms with Crippen molar-refractivity contribution in [1.29, 1.82) is 5.26 Å². The van der Waals surface area contributed by atoms with Crippen molar-refractivity contribution in [3.8, 4) is 6.07 Å². The van der Waals surface area contributed by atoms with E-state index in [0.29, 0.717) is 42.5 Å². The lowest BCUT2D eigenvalue weighted by molar-refractivity contribution is -0.142. The summed E-state index contributed by atoms with van der Waals surface area (Å²) in [6.07, 6.45) is 4.17. The number of carbonyl (C=O) groups is 1. The SMILES string of the molecule is CSc1ncc(C#N)c(N2CCC(C(=O)N3CCC(F)(F)CC3)CC2)n1. The molecule has 9 heteroatoms. The number of thioether (sulfide) groups is 1. The fourth-order valence-corrected chi connectivity index (χ4v) is 3.76. The summed E-state index contributed by atoms with van der Waals surface area (Å²) >= 11 is 1.41. The molecule has 2 fully saturated rings. The van der Waals surface area contributed by atoms with Gasteiger partial charge in [-0.3, -0.25) is 4.79 Å². The fraction of sp³-hybridized carbons (Fsp3) is 0.647. The van der Waals surface area contributed by atoms with E-state index in [1.54, 1.807) is 4.90 Å². The average Bonchev–Trinajstić information content (AvgIpc) is 2.67. The van der Waals surface area contributed by atoms with Crippen molar-refractivity contribution in [2.45, 2.75) is 36.8 Å². The molecule has 1 amide bonds. The summed E-state index contributed by atoms with van der Waals surface area (Å²) in [6, 6.07) is 2.12. The Morgan fingerprint density at radius 1 is 1.31 bits per heavy atom. The first-order valence-corrected chi connectivity index (χ1v) is 9.88. The normalized spacial score (nSPS) is 20.7. The number of alkyl halides is 2. The molecule has 2 aliphatic rings. The maximum atomic E-state index is 13.3. The zero-order valence-electron chi connectivity index (χ0n) is 14.6. The Morgan fingerprint density at radius 3 is 2.54 bits per heavy atom. The summed E-state index contributed by atoms with van der Waals surface area (Å²) in [7, 11) is 0. The molecule has 1 aromatic heterocycles. The van der Waals surface area contributed by atoms with E-state index < -0.39 is 5.92 Å². The Balaban J connectivity index is 1.61. The molecule has 0 unspecified atom stereocenters. The number of hydrogen-bond donors (Lipinski definition) is 0. The maximum Gasteiger partial charge on any atom is 0.251 e. The molecule has 0 aliphatic carbocycles. The Hall–Kier alpha value is -1.95. The van der Waals surface area contributed by atoms with Gasteiger partial charge in [0.05, 0.1) is 6.20 Å². The van der Waals surface area contributed by atoms with E-state index in [-0.39, 0.29) is 37.8 Å². The summed E-state index contributed by atoms with van der Waals surface area (Å²) in [5, 5.41) is 9.88. The number of nitrogens with zero attached hydrogens (tertiary/aromatic N) is 5. The van der Waals surface area contributed by atoms with Crippen LogP contribution in [0.25, 0.3) is 0 Å². The second kappa shape index (κ2) is 7.74. The first-order chi connectivity index (χ1) is 12.4. The Bertz CT molecular complexity index is 706. The third-order valence-corrected chi connectivity index (χ3v) is 5.56. The molecule has 3 heterocycles. The summed E-state index contributed by atoms with van der Waals surface area (Å²) in [6.45, 7) is 1.49. The molecule has 0 bridgehead atoms. The van der Waals surface area contributed by atoms with Gasteiger partial charge in [-0.1, -0.05) is 11.8 Å². The largest absolute Gasteiger partial charge is 0.355 e. The van der Waals surface area contributed by atoms with Crippen LogP contribution in [0.5, 0.6) is 0 Å². The molecule has 3 rings (SSSR count). The van der Waals surface area contributed by atoms with Crippen LogP contribution in [-0.2, 0) is 4.79 Å². The number of piperidine rings is 2. The van der Waals surface area contributed by atoms with E-state index >= 15 is 0 Å². The lowest BCUT2D eigenvalue weighted by atomic mass is 9.94. The van der Waals surface area contributed by atoms with Crippen molar-refractivity contribution in [2.75, 3.05) is 37.3 Å². The number of rotatable bonds is 3. The molecule has 0 saturated carbocycles. The molecule has 0 spiro atoms. The number of aromatic nitrogens is 2. The molecular weight excluding hydrogens is 360 g/mol. The maximum absolute atomic E-state index is 13.3. The van der Waals surface area contributed by atoms with Gasteiger partial charge >= 0.3 is 0 Å². The van der Waals surface area contributed by atoms with E-state index in [1.165, 1.54) is 18.0 Å². The predicted molar refractivity (Wildman–Crippen MR) is 94.2 cm³/mol. The lowest BCUT2D eigenvalue weighted by Crippen LogP contribution is -2.47. The highest BCUT2D eigenvalue weighted by Gasteiger charge is 2.38. The number of carbonyl (C=O) groups excluding carboxylic acids is 1. The van der Waals surface area contributed by atoms with Gasteiger partial charge < -0.3 is 9.80 Å². The van der Waals surface area contributed by atoms with Gasteiger partial charge in [0.2, 0.25) is 5.91 Å². The second-order valence-electron chi connectivity index (χ2n) is 6.65. The van der Waals surface area contributed by atoms with Gasteiger partial charge in [0.1, 0.15) is 11.6 Å². The molecule has 0 atom stereocenters. The van der Waals surface area contributed by atoms with Crippen LogP contribution in [-0.4, -0.2) is 59.1 Å². The van der Waals surface area contributed by atoms with Crippen LogP contribution < -0.4 is 4.90 Å². The number of amides is 1. The van der Waals surface area contributed by atoms with E-state index in [2.05, 4.69) is 16.0 Å². The molecular formula is C17H21F2N5OS. The Morgan fingerprint density at radius 2 is 1.96 bits per heavy atom. The van der Waals surface area contributed by atoms with Crippen molar-refractivity contribution < 1.29 is 13.6 Å². The van der Waals surface area contributed by atoms with Gasteiger partial charge in [0, 0.05) is 44.9 Å². The highest BCUT2D eigenvalue weighted by Crippen LogP contribution is 2.31. The van der Waals surface area contributed by atoms with E-state index in [1.807, 2.05) is 11.2 Å². The van der Waals surface area contributed by atoms with Crippen molar-refractivity contribution in [1.82, 2.24) is 14.9 Å². The molecule has 0 aromatic carbocycles. The second-order valence-corrected chi connectivity index (χ2v) is 7.42. The van der Waals surface area contributed by atoms with Crippen molar-refractivity contribution in [2.24, 2.45) is 5.92 Å². The van der Waals surface area contributed by atoms with Crippen LogP contribution in [0.3, 0.4) is 0 Å². The Labute approximate surface area is 155 Å². The topological polar surface area (TPSA) is 73.1 Å². The molecule has 140 valence electrons. The van der Waals surface area contributed by atoms with Gasteiger partial charge in [-0.05, 0) is 19.1 Å². The quantitative estimate of drug-likeness (QED) is 0.592. The van der Waals surface area contributed by atoms with Gasteiger partial charge in [-0.15, -0.1) is 0 Å². The summed E-state index contributed by atoms with van der Waals surface area (Å²) in [4.78, 5) is 24.8. The molecule has 2 aliphatic heterocycles. The molecule has 0 N–H and O–H groups in total. The minimum absolute atomic E-state index is 0.0202. The third-order valence-electron chi connectivity index (χ3n) is 5.00. The smallest absolute Gasteiger partial charge is 0.251 e. The highest BCUT2D eigenvalue weighted by atomic mass is 32.2. The van der Waals surface area contributed by atoms with Crippen LogP contribution in [0.1, 0.15) is 31.2 Å². The molecule has 0 radical (unpaired) electrons. The van der Waals surface area contributed by atoms with Crippen molar-refractivity contribution in [3.63, 3.8) is 0 Å². The molecule has 26 heavy (non-hydrogen) atoms. The number of hydrogen-bond acceptors (Lipinski definition) is 6. The highest BCUT2D eigenvalue weighted by molar-refractivity contribution is 7.98. The minimum atomic E-state index is -2.64. The number of anilines is 1. The zero-order valence-corrected chi connectivity index (χ0v) is 15.4. The van der Waals surface area contributed by atoms with Gasteiger partial charge in [0.25, 0.3) is 5.92 Å². The predicted octanol–water partition coefficient (Wildman–Crippen LogP) is 2.54. The minimum Gasteiger partial charge on any atom is -0.355 e. The van der Waals surface area contributed by atoms with Crippen molar-refractivity contribution >= 4 is 23.5 Å². The lowest BCUT2D eigenvalue weighted by Gasteiger charge is -2.37. The van der Waals surface area contributed by atoms with Crippen LogP contribution >= 0.6 is 11.8 Å². The summed E-state index contributed by atoms with van der Waals surface area (Å²) < 4.78 is 26.5. The van der Waals surface area contributed by atoms with E-state index in [4.69, 9.17) is 0 Å². The monoisotopic (exact) mass is 381 g/mol. The zero-order chi connectivity index (χ0) is 18.7. The molecule has 1 aromatic rings. The van der Waals surface area contributed by atoms with Gasteiger partial charge in [-0.25, -0.2) is 18.7 Å². The average molecular weight is 381 g/mol. The first-order valence-electron chi connectivity index (χ1n) is 8.66. The molecule has 2 saturated heterocycles. The standard InChI is InChI=1S/C17H21F2N5OS/c1-26-16-21-11-13(10-20)14(22-16)23-6-2-12(3-7-23)15(25)24-8-4-17(18,19)5-9-24/h11-12H,2-9H2,1H3. The van der Waals surface area contributed by atoms with Crippen molar-refractivity contribution in [3.05, 3.63) is 11.8 Å². The Kier molecular flexibility index (Phi) is 5.61. The van der Waals surface area contributed by atoms with Crippen LogP contribution in [0.15, 0.2) is 11.4 Å².